The molecule has 0 unspecified atom stereocenters. The second-order valence-electron chi connectivity index (χ2n) is 6.15. The maximum atomic E-state index is 11.0. The number of hydrogen-bond donors (Lipinski definition) is 1. The van der Waals surface area contributed by atoms with Gasteiger partial charge in [-0.1, -0.05) is 30.5 Å². The fourth-order valence-corrected chi connectivity index (χ4v) is 2.31. The zero-order chi connectivity index (χ0) is 19.4. The predicted octanol–water partition coefficient (Wildman–Crippen LogP) is 4.62. The van der Waals surface area contributed by atoms with E-state index in [-0.39, 0.29) is 5.97 Å². The van der Waals surface area contributed by atoms with Crippen LogP contribution in [0.25, 0.3) is 6.08 Å². The molecule has 0 aliphatic carbocycles. The zero-order valence-electron chi connectivity index (χ0n) is 15.8. The van der Waals surface area contributed by atoms with E-state index in [0.717, 1.165) is 49.0 Å². The van der Waals surface area contributed by atoms with E-state index < -0.39 is 5.97 Å². The van der Waals surface area contributed by atoms with Crippen LogP contribution < -0.4 is 4.74 Å². The van der Waals surface area contributed by atoms with E-state index in [1.54, 1.807) is 13.0 Å². The molecule has 1 aromatic carbocycles. The van der Waals surface area contributed by atoms with Gasteiger partial charge >= 0.3 is 11.9 Å². The summed E-state index contributed by atoms with van der Waals surface area (Å²) in [5.74, 6) is -0.409. The molecule has 0 aliphatic heterocycles. The number of hydrogen-bond acceptors (Lipinski definition) is 4. The Balaban J connectivity index is 2.20. The van der Waals surface area contributed by atoms with Crippen molar-refractivity contribution in [3.05, 3.63) is 47.1 Å². The van der Waals surface area contributed by atoms with Crippen molar-refractivity contribution < 1.29 is 24.2 Å². The third-order valence-electron chi connectivity index (χ3n) is 4.17. The van der Waals surface area contributed by atoms with Crippen molar-refractivity contribution in [2.24, 2.45) is 0 Å². The molecule has 0 fully saturated rings. The number of esters is 1. The number of carboxylic acids is 1. The number of allylic oxidation sites excluding steroid dienone is 1. The Morgan fingerprint density at radius 1 is 1.04 bits per heavy atom. The lowest BCUT2D eigenvalue weighted by molar-refractivity contribution is -0.135. The van der Waals surface area contributed by atoms with Gasteiger partial charge in [0.05, 0.1) is 13.7 Å². The summed E-state index contributed by atoms with van der Waals surface area (Å²) in [4.78, 5) is 21.9. The Labute approximate surface area is 155 Å². The second-order valence-corrected chi connectivity index (χ2v) is 6.15. The molecule has 5 heteroatoms. The van der Waals surface area contributed by atoms with Gasteiger partial charge in [-0.3, -0.25) is 0 Å². The van der Waals surface area contributed by atoms with E-state index in [9.17, 15) is 9.59 Å². The zero-order valence-corrected chi connectivity index (χ0v) is 15.8. The number of carboxylic acid groups (broad SMARTS) is 1. The molecule has 0 amide bonds. The van der Waals surface area contributed by atoms with Gasteiger partial charge in [-0.25, -0.2) is 9.59 Å². The van der Waals surface area contributed by atoms with E-state index in [1.807, 2.05) is 31.2 Å². The van der Waals surface area contributed by atoms with Gasteiger partial charge in [-0.15, -0.1) is 0 Å². The van der Waals surface area contributed by atoms with Gasteiger partial charge in [0.25, 0.3) is 0 Å². The van der Waals surface area contributed by atoms with E-state index in [4.69, 9.17) is 9.84 Å². The first-order chi connectivity index (χ1) is 12.4. The molecule has 26 heavy (non-hydrogen) atoms. The molecule has 0 saturated heterocycles. The molecule has 5 nitrogen and oxygen atoms in total. The number of ether oxygens (including phenoxy) is 2. The Kier molecular flexibility index (Phi) is 9.83. The Bertz CT molecular complexity index is 641. The Hall–Kier alpha value is -2.56. The predicted molar refractivity (Wildman–Crippen MR) is 102 cm³/mol. The van der Waals surface area contributed by atoms with Crippen molar-refractivity contribution >= 4 is 18.0 Å². The average Bonchev–Trinajstić information content (AvgIpc) is 2.65. The Morgan fingerprint density at radius 3 is 2.31 bits per heavy atom. The SMILES string of the molecule is COC(=O)C=Cc1ccc(OCCCCCCC(C)=C(C)C(=O)O)cc1. The number of carbonyl (C=O) groups excluding carboxylic acids is 1. The average molecular weight is 360 g/mol. The molecule has 1 N–H and O–H groups in total. The van der Waals surface area contributed by atoms with E-state index in [0.29, 0.717) is 12.2 Å². The topological polar surface area (TPSA) is 72.8 Å². The van der Waals surface area contributed by atoms with Gasteiger partial charge < -0.3 is 14.6 Å². The minimum atomic E-state index is -0.831. The van der Waals surface area contributed by atoms with Crippen molar-refractivity contribution in [1.29, 1.82) is 0 Å². The molecule has 1 aromatic rings. The summed E-state index contributed by atoms with van der Waals surface area (Å²) in [5.41, 5.74) is 2.32. The highest BCUT2D eigenvalue weighted by atomic mass is 16.5. The van der Waals surface area contributed by atoms with Crippen LogP contribution in [0.15, 0.2) is 41.5 Å². The van der Waals surface area contributed by atoms with Crippen molar-refractivity contribution in [2.45, 2.75) is 46.0 Å². The van der Waals surface area contributed by atoms with Crippen molar-refractivity contribution in [3.63, 3.8) is 0 Å². The molecule has 0 heterocycles. The molecule has 0 spiro atoms. The first kappa shape index (κ1) is 21.5. The van der Waals surface area contributed by atoms with Crippen LogP contribution in [-0.2, 0) is 14.3 Å². The maximum absolute atomic E-state index is 11.0. The summed E-state index contributed by atoms with van der Waals surface area (Å²) < 4.78 is 10.2. The minimum absolute atomic E-state index is 0.380. The first-order valence-electron chi connectivity index (χ1n) is 8.82. The molecule has 142 valence electrons. The summed E-state index contributed by atoms with van der Waals surface area (Å²) in [6, 6.07) is 7.52. The minimum Gasteiger partial charge on any atom is -0.494 e. The van der Waals surface area contributed by atoms with Gasteiger partial charge in [-0.2, -0.15) is 0 Å². The van der Waals surface area contributed by atoms with Gasteiger partial charge in [0.1, 0.15) is 5.75 Å². The van der Waals surface area contributed by atoms with Crippen LogP contribution >= 0.6 is 0 Å². The van der Waals surface area contributed by atoms with Gasteiger partial charge in [-0.05, 0) is 56.9 Å². The van der Waals surface area contributed by atoms with Crippen LogP contribution in [0.5, 0.6) is 5.75 Å². The van der Waals surface area contributed by atoms with Gasteiger partial charge in [0.15, 0.2) is 0 Å². The highest BCUT2D eigenvalue weighted by molar-refractivity contribution is 5.87. The normalized spacial score (nSPS) is 12.0. The van der Waals surface area contributed by atoms with Gasteiger partial charge in [0.2, 0.25) is 0 Å². The van der Waals surface area contributed by atoms with E-state index in [1.165, 1.54) is 13.2 Å². The summed E-state index contributed by atoms with van der Waals surface area (Å²) >= 11 is 0. The fraction of sp³-hybridized carbons (Fsp3) is 0.429. The highest BCUT2D eigenvalue weighted by Gasteiger charge is 2.04. The van der Waals surface area contributed by atoms with E-state index in [2.05, 4.69) is 4.74 Å². The molecule has 0 radical (unpaired) electrons. The largest absolute Gasteiger partial charge is 0.494 e. The molecule has 0 aliphatic rings. The number of rotatable bonds is 11. The fourth-order valence-electron chi connectivity index (χ4n) is 2.31. The van der Waals surface area contributed by atoms with Crippen molar-refractivity contribution in [1.82, 2.24) is 0 Å². The molecule has 0 saturated carbocycles. The number of unbranched alkanes of at least 4 members (excludes halogenated alkanes) is 3. The van der Waals surface area contributed by atoms with Crippen LogP contribution in [-0.4, -0.2) is 30.8 Å². The number of benzene rings is 1. The van der Waals surface area contributed by atoms with Crippen LogP contribution in [0.1, 0.15) is 51.5 Å². The maximum Gasteiger partial charge on any atom is 0.331 e. The summed E-state index contributed by atoms with van der Waals surface area (Å²) in [5, 5.41) is 8.92. The molecule has 0 atom stereocenters. The first-order valence-corrected chi connectivity index (χ1v) is 8.82. The molecule has 1 rings (SSSR count). The summed E-state index contributed by atoms with van der Waals surface area (Å²) in [7, 11) is 1.35. The highest BCUT2D eigenvalue weighted by Crippen LogP contribution is 2.16. The molecular weight excluding hydrogens is 332 g/mol. The van der Waals surface area contributed by atoms with E-state index >= 15 is 0 Å². The quantitative estimate of drug-likeness (QED) is 0.354. The van der Waals surface area contributed by atoms with Gasteiger partial charge in [0, 0.05) is 11.6 Å². The van der Waals surface area contributed by atoms with Crippen LogP contribution in [0.3, 0.4) is 0 Å². The van der Waals surface area contributed by atoms with Crippen molar-refractivity contribution in [2.75, 3.05) is 13.7 Å². The lowest BCUT2D eigenvalue weighted by Gasteiger charge is -2.07. The second kappa shape index (κ2) is 11.9. The summed E-state index contributed by atoms with van der Waals surface area (Å²) in [6.07, 6.45) is 7.98. The standard InChI is InChI=1S/C21H28O5/c1-16(17(2)21(23)24)8-6-4-5-7-15-26-19-12-9-18(10-13-19)11-14-20(22)25-3/h9-14H,4-8,15H2,1-3H3,(H,23,24). The number of methoxy groups -OCH3 is 1. The van der Waals surface area contributed by atoms with Crippen LogP contribution in [0.4, 0.5) is 0 Å². The number of aliphatic carboxylic acids is 1. The lowest BCUT2D eigenvalue weighted by Crippen LogP contribution is -2.00. The lowest BCUT2D eigenvalue weighted by atomic mass is 10.0. The smallest absolute Gasteiger partial charge is 0.331 e. The Morgan fingerprint density at radius 2 is 1.69 bits per heavy atom. The monoisotopic (exact) mass is 360 g/mol. The molecule has 0 bridgehead atoms. The third-order valence-corrected chi connectivity index (χ3v) is 4.17. The number of carbonyl (C=O) groups is 2. The summed E-state index contributed by atoms with van der Waals surface area (Å²) in [6.45, 7) is 4.19. The molecule has 0 aromatic heterocycles. The third kappa shape index (κ3) is 8.51. The van der Waals surface area contributed by atoms with Crippen molar-refractivity contribution in [3.8, 4) is 5.75 Å². The van der Waals surface area contributed by atoms with Crippen LogP contribution in [0, 0.1) is 0 Å². The molecular formula is C21H28O5. The van der Waals surface area contributed by atoms with Crippen LogP contribution in [0.2, 0.25) is 0 Å².